The topological polar surface area (TPSA) is 42.2 Å². The Morgan fingerprint density at radius 2 is 2.31 bits per heavy atom. The number of hydrogen-bond acceptors (Lipinski definition) is 2. The fourth-order valence-corrected chi connectivity index (χ4v) is 1.74. The van der Waals surface area contributed by atoms with Crippen LogP contribution < -0.4 is 5.32 Å². The van der Waals surface area contributed by atoms with E-state index in [1.807, 2.05) is 18.2 Å². The van der Waals surface area contributed by atoms with Crippen LogP contribution in [0.4, 0.5) is 0 Å². The smallest absolute Gasteiger partial charge is 0.252 e. The third kappa shape index (κ3) is 0.758. The molecule has 64 valence electrons. The van der Waals surface area contributed by atoms with E-state index in [-0.39, 0.29) is 5.91 Å². The largest absolute Gasteiger partial charge is 0.464 e. The fraction of sp³-hybridized carbons (Fsp3) is 0.100. The van der Waals surface area contributed by atoms with Crippen LogP contribution >= 0.6 is 0 Å². The van der Waals surface area contributed by atoms with Gasteiger partial charge in [-0.25, -0.2) is 0 Å². The number of carbonyl (C=O) groups is 1. The lowest BCUT2D eigenvalue weighted by atomic mass is 10.0. The van der Waals surface area contributed by atoms with Gasteiger partial charge in [-0.1, -0.05) is 6.07 Å². The molecule has 0 saturated carbocycles. The molecule has 0 fully saturated rings. The number of benzene rings is 1. The first-order valence-corrected chi connectivity index (χ1v) is 4.13. The van der Waals surface area contributed by atoms with Crippen molar-refractivity contribution < 1.29 is 9.21 Å². The summed E-state index contributed by atoms with van der Waals surface area (Å²) < 4.78 is 5.32. The lowest BCUT2D eigenvalue weighted by Gasteiger charge is -2.11. The van der Waals surface area contributed by atoms with Crippen molar-refractivity contribution in [2.24, 2.45) is 0 Å². The summed E-state index contributed by atoms with van der Waals surface area (Å²) >= 11 is 0. The highest BCUT2D eigenvalue weighted by Gasteiger charge is 2.20. The van der Waals surface area contributed by atoms with Crippen molar-refractivity contribution in [3.63, 3.8) is 0 Å². The Balaban J connectivity index is 2.52. The first kappa shape index (κ1) is 6.71. The van der Waals surface area contributed by atoms with Crippen molar-refractivity contribution in [2.75, 3.05) is 0 Å². The second-order valence-electron chi connectivity index (χ2n) is 3.12. The quantitative estimate of drug-likeness (QED) is 0.658. The van der Waals surface area contributed by atoms with E-state index in [0.29, 0.717) is 12.1 Å². The van der Waals surface area contributed by atoms with Crippen LogP contribution in [-0.2, 0) is 6.54 Å². The van der Waals surface area contributed by atoms with Gasteiger partial charge < -0.3 is 9.73 Å². The Bertz CT molecular complexity index is 499. The van der Waals surface area contributed by atoms with E-state index >= 15 is 0 Å². The highest BCUT2D eigenvalue weighted by Crippen LogP contribution is 2.27. The van der Waals surface area contributed by atoms with Gasteiger partial charge in [-0.15, -0.1) is 0 Å². The van der Waals surface area contributed by atoms with Gasteiger partial charge in [0, 0.05) is 17.5 Å². The zero-order valence-electron chi connectivity index (χ0n) is 6.83. The van der Waals surface area contributed by atoms with Crippen LogP contribution in [0.2, 0.25) is 0 Å². The maximum atomic E-state index is 11.4. The molecular weight excluding hydrogens is 166 g/mol. The third-order valence-electron chi connectivity index (χ3n) is 2.36. The first-order chi connectivity index (χ1) is 6.36. The molecule has 0 aliphatic carbocycles. The Labute approximate surface area is 74.3 Å². The minimum atomic E-state index is -0.0144. The van der Waals surface area contributed by atoms with Gasteiger partial charge in [0.05, 0.1) is 11.8 Å². The minimum absolute atomic E-state index is 0.0144. The second-order valence-corrected chi connectivity index (χ2v) is 3.12. The zero-order chi connectivity index (χ0) is 8.84. The molecular formula is C10H7NO2. The molecule has 3 rings (SSSR count). The lowest BCUT2D eigenvalue weighted by molar-refractivity contribution is 0.0949. The molecule has 1 aliphatic rings. The summed E-state index contributed by atoms with van der Waals surface area (Å²) in [6, 6.07) is 5.52. The summed E-state index contributed by atoms with van der Waals surface area (Å²) in [5, 5.41) is 3.75. The van der Waals surface area contributed by atoms with E-state index in [4.69, 9.17) is 4.42 Å². The maximum Gasteiger partial charge on any atom is 0.252 e. The molecule has 1 amide bonds. The number of nitrogens with one attached hydrogen (secondary N) is 1. The average molecular weight is 173 g/mol. The van der Waals surface area contributed by atoms with Gasteiger partial charge in [-0.2, -0.15) is 0 Å². The van der Waals surface area contributed by atoms with Crippen molar-refractivity contribution in [2.45, 2.75) is 6.54 Å². The Morgan fingerprint density at radius 3 is 3.23 bits per heavy atom. The van der Waals surface area contributed by atoms with Crippen LogP contribution in [0.3, 0.4) is 0 Å². The second kappa shape index (κ2) is 2.13. The summed E-state index contributed by atoms with van der Waals surface area (Å²) in [6.07, 6.45) is 1.70. The summed E-state index contributed by atoms with van der Waals surface area (Å²) in [5.41, 5.74) is 2.57. The van der Waals surface area contributed by atoms with E-state index in [1.165, 1.54) is 0 Å². The Morgan fingerprint density at radius 1 is 1.38 bits per heavy atom. The van der Waals surface area contributed by atoms with Gasteiger partial charge in [0.2, 0.25) is 0 Å². The van der Waals surface area contributed by atoms with Gasteiger partial charge in [0.15, 0.2) is 0 Å². The predicted octanol–water partition coefficient (Wildman–Crippen LogP) is 1.68. The number of amides is 1. The van der Waals surface area contributed by atoms with E-state index in [2.05, 4.69) is 5.32 Å². The number of rotatable bonds is 0. The molecule has 0 atom stereocenters. The van der Waals surface area contributed by atoms with Crippen molar-refractivity contribution in [3.8, 4) is 0 Å². The number of hydrogen-bond donors (Lipinski definition) is 1. The number of furan rings is 1. The molecule has 1 aliphatic heterocycles. The standard InChI is InChI=1S/C10H7NO2/c12-10-7-2-1-3-8-9(7)6(4-11-10)5-13-8/h1-3,5H,4H2,(H,11,12). The SMILES string of the molecule is O=C1NCc2coc3cccc1c23. The van der Waals surface area contributed by atoms with Gasteiger partial charge in [0.1, 0.15) is 5.58 Å². The van der Waals surface area contributed by atoms with Gasteiger partial charge in [-0.05, 0) is 12.1 Å². The molecule has 2 aromatic rings. The van der Waals surface area contributed by atoms with Gasteiger partial charge >= 0.3 is 0 Å². The zero-order valence-corrected chi connectivity index (χ0v) is 6.83. The molecule has 1 N–H and O–H groups in total. The molecule has 1 aromatic carbocycles. The maximum absolute atomic E-state index is 11.4. The van der Waals surface area contributed by atoms with Crippen LogP contribution in [0.15, 0.2) is 28.9 Å². The molecule has 1 aromatic heterocycles. The molecule has 2 heterocycles. The lowest BCUT2D eigenvalue weighted by Crippen LogP contribution is -2.26. The first-order valence-electron chi connectivity index (χ1n) is 4.13. The summed E-state index contributed by atoms with van der Waals surface area (Å²) in [4.78, 5) is 11.4. The Kier molecular flexibility index (Phi) is 1.10. The summed E-state index contributed by atoms with van der Waals surface area (Å²) in [6.45, 7) is 0.572. The normalized spacial score (nSPS) is 14.6. The monoisotopic (exact) mass is 173 g/mol. The molecule has 0 bridgehead atoms. The predicted molar refractivity (Wildman–Crippen MR) is 47.4 cm³/mol. The molecule has 0 saturated heterocycles. The minimum Gasteiger partial charge on any atom is -0.464 e. The summed E-state index contributed by atoms with van der Waals surface area (Å²) in [7, 11) is 0. The van der Waals surface area contributed by atoms with Crippen LogP contribution in [-0.4, -0.2) is 5.91 Å². The molecule has 13 heavy (non-hydrogen) atoms. The number of carbonyl (C=O) groups excluding carboxylic acids is 1. The molecule has 0 spiro atoms. The molecule has 0 unspecified atom stereocenters. The fourth-order valence-electron chi connectivity index (χ4n) is 1.74. The van der Waals surface area contributed by atoms with E-state index in [0.717, 1.165) is 16.5 Å². The highest BCUT2D eigenvalue weighted by atomic mass is 16.3. The van der Waals surface area contributed by atoms with Crippen molar-refractivity contribution in [1.29, 1.82) is 0 Å². The molecule has 3 nitrogen and oxygen atoms in total. The van der Waals surface area contributed by atoms with Crippen molar-refractivity contribution in [1.82, 2.24) is 5.32 Å². The van der Waals surface area contributed by atoms with E-state index in [1.54, 1.807) is 6.26 Å². The van der Waals surface area contributed by atoms with Crippen LogP contribution in [0.1, 0.15) is 15.9 Å². The van der Waals surface area contributed by atoms with E-state index in [9.17, 15) is 4.79 Å². The molecule has 3 heteroatoms. The Hall–Kier alpha value is -1.77. The van der Waals surface area contributed by atoms with Crippen LogP contribution in [0.5, 0.6) is 0 Å². The van der Waals surface area contributed by atoms with Crippen LogP contribution in [0, 0.1) is 0 Å². The summed E-state index contributed by atoms with van der Waals surface area (Å²) in [5.74, 6) is -0.0144. The van der Waals surface area contributed by atoms with Crippen LogP contribution in [0.25, 0.3) is 11.0 Å². The van der Waals surface area contributed by atoms with Gasteiger partial charge in [0.25, 0.3) is 5.91 Å². The third-order valence-corrected chi connectivity index (χ3v) is 2.36. The average Bonchev–Trinajstić information content (AvgIpc) is 2.57. The van der Waals surface area contributed by atoms with Crippen molar-refractivity contribution in [3.05, 3.63) is 35.6 Å². The highest BCUT2D eigenvalue weighted by molar-refractivity contribution is 6.08. The van der Waals surface area contributed by atoms with E-state index < -0.39 is 0 Å². The van der Waals surface area contributed by atoms with Crippen molar-refractivity contribution >= 4 is 16.9 Å². The molecule has 0 radical (unpaired) electrons. The van der Waals surface area contributed by atoms with Gasteiger partial charge in [-0.3, -0.25) is 4.79 Å².